The van der Waals surface area contributed by atoms with E-state index >= 15 is 0 Å². The maximum Gasteiger partial charge on any atom is 0.319 e. The maximum absolute atomic E-state index is 13.6. The lowest BCUT2D eigenvalue weighted by atomic mass is 9.98. The number of fused-ring (bicyclic) bond motifs is 2. The first kappa shape index (κ1) is 33.2. The molecule has 1 unspecified atom stereocenters. The lowest BCUT2D eigenvalue weighted by Crippen LogP contribution is -2.32. The molecule has 0 saturated heterocycles. The molecule has 3 amide bonds. The van der Waals surface area contributed by atoms with Crippen molar-refractivity contribution in [1.82, 2.24) is 20.6 Å². The number of carbonyl (C=O) groups is 2. The van der Waals surface area contributed by atoms with Gasteiger partial charge in [-0.2, -0.15) is 0 Å². The number of nitrogens with zero attached hydrogens (tertiary/aromatic N) is 2. The topological polar surface area (TPSA) is 162 Å². The Hall–Kier alpha value is -5.21. The molecule has 1 atom stereocenters. The van der Waals surface area contributed by atoms with Crippen LogP contribution in [-0.2, 0) is 12.8 Å². The number of carbonyl (C=O) groups excluding carboxylic acids is 2. The number of hydrogen-bond donors (Lipinski definition) is 6. The van der Waals surface area contributed by atoms with Gasteiger partial charge in [0, 0.05) is 54.0 Å². The second-order valence-corrected chi connectivity index (χ2v) is 12.2. The van der Waals surface area contributed by atoms with Gasteiger partial charge < -0.3 is 31.9 Å². The quantitative estimate of drug-likeness (QED) is 0.111. The largest absolute Gasteiger partial charge is 0.461 e. The Labute approximate surface area is 273 Å². The second-order valence-electron chi connectivity index (χ2n) is 12.2. The first-order valence-electron chi connectivity index (χ1n) is 15.7. The van der Waals surface area contributed by atoms with Crippen molar-refractivity contribution in [3.8, 4) is 23.4 Å². The van der Waals surface area contributed by atoms with Crippen molar-refractivity contribution in [2.24, 2.45) is 5.73 Å². The number of anilines is 1. The van der Waals surface area contributed by atoms with Crippen LogP contribution in [0.25, 0.3) is 22.2 Å². The predicted octanol–water partition coefficient (Wildman–Crippen LogP) is 5.04. The minimum atomic E-state index is -0.646. The highest BCUT2D eigenvalue weighted by molar-refractivity contribution is 6.05. The van der Waals surface area contributed by atoms with Crippen molar-refractivity contribution in [3.63, 3.8) is 0 Å². The van der Waals surface area contributed by atoms with Gasteiger partial charge in [0.1, 0.15) is 11.9 Å². The van der Waals surface area contributed by atoms with Crippen LogP contribution in [0.2, 0.25) is 0 Å². The summed E-state index contributed by atoms with van der Waals surface area (Å²) < 4.78 is 13.6. The zero-order chi connectivity index (χ0) is 33.6. The van der Waals surface area contributed by atoms with E-state index in [2.05, 4.69) is 39.7 Å². The van der Waals surface area contributed by atoms with Gasteiger partial charge in [-0.3, -0.25) is 14.8 Å². The van der Waals surface area contributed by atoms with E-state index < -0.39 is 11.6 Å². The van der Waals surface area contributed by atoms with Crippen LogP contribution in [-0.4, -0.2) is 50.8 Å². The van der Waals surface area contributed by atoms with Crippen molar-refractivity contribution < 1.29 is 24.2 Å². The fourth-order valence-corrected chi connectivity index (χ4v) is 5.80. The normalized spacial score (nSPS) is 15.4. The molecule has 0 bridgehead atoms. The van der Waals surface area contributed by atoms with E-state index in [0.29, 0.717) is 48.6 Å². The predicted molar refractivity (Wildman–Crippen MR) is 179 cm³/mol. The number of aliphatic hydroxyl groups is 2. The van der Waals surface area contributed by atoms with Crippen LogP contribution in [0.3, 0.4) is 0 Å². The van der Waals surface area contributed by atoms with E-state index in [9.17, 15) is 19.1 Å². The lowest BCUT2D eigenvalue weighted by Gasteiger charge is -2.14. The molecular formula is C36H39FN6O4. The molecule has 2 aromatic heterocycles. The number of urea groups is 1. The molecule has 2 aromatic carbocycles. The number of aliphatic hydroxyl groups excluding tert-OH is 1. The highest BCUT2D eigenvalue weighted by Crippen LogP contribution is 2.39. The Morgan fingerprint density at radius 3 is 2.55 bits per heavy atom. The number of nitrogens with two attached hydrogens (primary N) is 1. The monoisotopic (exact) mass is 638 g/mol. The molecule has 10 nitrogen and oxygen atoms in total. The standard InChI is InChI=1S/C34H36FN5O3.C2H3NO/c1-20-15-23-16-24(17-29(31(23)38-19-20)40-33(42)37-14-12-34(43)10-11-34)32(41)36-13-9-26-18-28-21(2)3-8-27(28)30(39-26)22-4-6-25(35)7-5-22;3-1-2-4/h4-7,15-19,21,43H,3,8-14H2,1-2H3,(H,36,41)(H2,37,40,42);4H,3H2. The molecule has 11 heteroatoms. The zero-order valence-corrected chi connectivity index (χ0v) is 26.5. The van der Waals surface area contributed by atoms with Crippen LogP contribution in [0.15, 0.2) is 54.7 Å². The van der Waals surface area contributed by atoms with Crippen molar-refractivity contribution in [2.75, 3.05) is 18.4 Å². The summed E-state index contributed by atoms with van der Waals surface area (Å²) in [5.41, 5.74) is 11.3. The Bertz CT molecular complexity index is 1840. The molecule has 4 aromatic rings. The van der Waals surface area contributed by atoms with Crippen LogP contribution in [0.1, 0.15) is 71.3 Å². The van der Waals surface area contributed by atoms with Gasteiger partial charge in [-0.15, -0.1) is 0 Å². The van der Waals surface area contributed by atoms with Gasteiger partial charge >= 0.3 is 6.03 Å². The molecule has 1 saturated carbocycles. The molecule has 0 aliphatic heterocycles. The third kappa shape index (κ3) is 8.34. The fraction of sp³-hybridized carbons (Fsp3) is 0.333. The number of aromatic nitrogens is 2. The SMILES string of the molecule is Cc1cnc2c(NC(=O)NCCC3(O)CC3)cc(C(=O)NCCc3cc4c(c(-c5ccc(F)cc5)n3)CCC4C)cc2c1.NC#CO. The fourth-order valence-electron chi connectivity index (χ4n) is 5.80. The summed E-state index contributed by atoms with van der Waals surface area (Å²) in [6.07, 6.45) is 7.74. The molecule has 6 rings (SSSR count). The van der Waals surface area contributed by atoms with Gasteiger partial charge in [-0.1, -0.05) is 6.92 Å². The summed E-state index contributed by atoms with van der Waals surface area (Å²) in [4.78, 5) is 35.4. The van der Waals surface area contributed by atoms with E-state index in [-0.39, 0.29) is 11.7 Å². The van der Waals surface area contributed by atoms with E-state index in [1.807, 2.05) is 13.0 Å². The summed E-state index contributed by atoms with van der Waals surface area (Å²) in [5.74, 6) is -0.127. The molecule has 2 heterocycles. The first-order valence-corrected chi connectivity index (χ1v) is 15.7. The van der Waals surface area contributed by atoms with E-state index in [1.54, 1.807) is 36.5 Å². The smallest absolute Gasteiger partial charge is 0.319 e. The van der Waals surface area contributed by atoms with Gasteiger partial charge in [-0.25, -0.2) is 9.18 Å². The third-order valence-electron chi connectivity index (χ3n) is 8.55. The van der Waals surface area contributed by atoms with Crippen molar-refractivity contribution in [3.05, 3.63) is 88.5 Å². The molecule has 244 valence electrons. The minimum Gasteiger partial charge on any atom is -0.461 e. The van der Waals surface area contributed by atoms with E-state index in [4.69, 9.17) is 10.1 Å². The van der Waals surface area contributed by atoms with Crippen LogP contribution in [0, 0.1) is 24.9 Å². The Kier molecular flexibility index (Phi) is 10.2. The highest BCUT2D eigenvalue weighted by Gasteiger charge is 2.39. The average Bonchev–Trinajstić information content (AvgIpc) is 3.68. The number of aryl methyl sites for hydroxylation is 1. The molecule has 1 fully saturated rings. The van der Waals surface area contributed by atoms with Crippen LogP contribution in [0.5, 0.6) is 0 Å². The van der Waals surface area contributed by atoms with Crippen molar-refractivity contribution in [2.45, 2.75) is 63.9 Å². The average molecular weight is 639 g/mol. The van der Waals surface area contributed by atoms with E-state index in [1.165, 1.54) is 29.4 Å². The van der Waals surface area contributed by atoms with Crippen LogP contribution >= 0.6 is 0 Å². The van der Waals surface area contributed by atoms with Gasteiger partial charge in [0.15, 0.2) is 0 Å². The lowest BCUT2D eigenvalue weighted by molar-refractivity contribution is 0.0954. The number of pyridine rings is 2. The van der Waals surface area contributed by atoms with Crippen LogP contribution in [0.4, 0.5) is 14.9 Å². The Balaban J connectivity index is 0.00000103. The summed E-state index contributed by atoms with van der Waals surface area (Å²) in [6.45, 7) is 4.86. The molecule has 2 aliphatic carbocycles. The Morgan fingerprint density at radius 2 is 1.85 bits per heavy atom. The van der Waals surface area contributed by atoms with Gasteiger partial charge in [0.05, 0.1) is 22.5 Å². The number of rotatable bonds is 9. The molecule has 0 spiro atoms. The van der Waals surface area contributed by atoms with Crippen molar-refractivity contribution in [1.29, 1.82) is 0 Å². The number of amides is 3. The molecule has 2 aliphatic rings. The molecule has 7 N–H and O–H groups in total. The van der Waals surface area contributed by atoms with E-state index in [0.717, 1.165) is 53.6 Å². The number of nitrogens with one attached hydrogen (secondary N) is 3. The molecule has 47 heavy (non-hydrogen) atoms. The number of halogens is 1. The maximum atomic E-state index is 13.6. The van der Waals surface area contributed by atoms with Crippen LogP contribution < -0.4 is 21.7 Å². The van der Waals surface area contributed by atoms with Gasteiger partial charge in [-0.05, 0) is 110 Å². The number of benzene rings is 2. The third-order valence-corrected chi connectivity index (χ3v) is 8.55. The summed E-state index contributed by atoms with van der Waals surface area (Å²) >= 11 is 0. The highest BCUT2D eigenvalue weighted by atomic mass is 19.1. The molecule has 0 radical (unpaired) electrons. The minimum absolute atomic E-state index is 0.267. The summed E-state index contributed by atoms with van der Waals surface area (Å²) in [5, 5.41) is 26.8. The number of hydrogen-bond acceptors (Lipinski definition) is 7. The van der Waals surface area contributed by atoms with Crippen molar-refractivity contribution >= 4 is 28.5 Å². The van der Waals surface area contributed by atoms with Gasteiger partial charge in [0.25, 0.3) is 5.91 Å². The van der Waals surface area contributed by atoms with Gasteiger partial charge in [0.2, 0.25) is 0 Å². The Morgan fingerprint density at radius 1 is 1.11 bits per heavy atom. The second kappa shape index (κ2) is 14.5. The summed E-state index contributed by atoms with van der Waals surface area (Å²) in [6, 6.07) is 15.3. The summed E-state index contributed by atoms with van der Waals surface area (Å²) in [7, 11) is 0. The first-order chi connectivity index (χ1) is 22.6. The molecular weight excluding hydrogens is 599 g/mol. The zero-order valence-electron chi connectivity index (χ0n) is 26.5.